The molecule has 0 radical (unpaired) electrons. The second kappa shape index (κ2) is 11.2. The van der Waals surface area contributed by atoms with Gasteiger partial charge in [0, 0.05) is 24.5 Å². The molecular weight excluding hydrogens is 468 g/mol. The summed E-state index contributed by atoms with van der Waals surface area (Å²) in [6, 6.07) is 2.84. The van der Waals surface area contributed by atoms with E-state index in [0.717, 1.165) is 20.3 Å². The van der Waals surface area contributed by atoms with Crippen LogP contribution in [0.2, 0.25) is 0 Å². The number of carbonyl (C=O) groups is 4. The Hall–Kier alpha value is -3.64. The van der Waals surface area contributed by atoms with E-state index >= 15 is 0 Å². The molecule has 0 unspecified atom stereocenters. The summed E-state index contributed by atoms with van der Waals surface area (Å²) in [6.45, 7) is 1.59. The van der Waals surface area contributed by atoms with E-state index in [4.69, 9.17) is 23.7 Å². The first-order chi connectivity index (χ1) is 16.7. The molecule has 2 aliphatic heterocycles. The second-order valence-electron chi connectivity index (χ2n) is 7.79. The SMILES string of the molecule is COC(=O)Oc1cc(OC)cc2c1C(=O)O[C@@H](C)C/C=C\C(=O)[C@@H](OC(=O)OC)[C@@H](O)C[C@H]1O[C@H]21. The molecule has 12 heteroatoms. The number of cyclic esters (lactones) is 1. The number of epoxide rings is 1. The minimum absolute atomic E-state index is 0.0792. The van der Waals surface area contributed by atoms with Crippen LogP contribution in [0.4, 0.5) is 9.59 Å². The molecule has 0 spiro atoms. The van der Waals surface area contributed by atoms with Crippen LogP contribution in [0, 0.1) is 0 Å². The predicted molar refractivity (Wildman–Crippen MR) is 115 cm³/mol. The first-order valence-corrected chi connectivity index (χ1v) is 10.7. The third kappa shape index (κ3) is 6.28. The fourth-order valence-corrected chi connectivity index (χ4v) is 3.58. The molecule has 0 aromatic heterocycles. The van der Waals surface area contributed by atoms with Crippen LogP contribution < -0.4 is 9.47 Å². The van der Waals surface area contributed by atoms with Gasteiger partial charge in [-0.15, -0.1) is 0 Å². The molecule has 1 fully saturated rings. The van der Waals surface area contributed by atoms with Crippen LogP contribution in [0.3, 0.4) is 0 Å². The lowest BCUT2D eigenvalue weighted by Crippen LogP contribution is -2.38. The van der Waals surface area contributed by atoms with Crippen molar-refractivity contribution in [2.45, 2.75) is 50.3 Å². The van der Waals surface area contributed by atoms with E-state index in [1.54, 1.807) is 6.92 Å². The molecule has 1 aromatic rings. The standard InChI is InChI=1S/C23H26O12/c1-11-6-5-7-14(24)20(35-23(28)31-4)15(25)10-17-19(33-17)13-8-12(29-2)9-16(34-22(27)30-3)18(13)21(26)32-11/h5,7-9,11,15,17,19-20,25H,6,10H2,1-4H3/b7-5-/t11-,15-,17+,19+,20+/m0/s1. The maximum Gasteiger partial charge on any atom is 0.513 e. The Morgan fingerprint density at radius 3 is 2.46 bits per heavy atom. The second-order valence-corrected chi connectivity index (χ2v) is 7.79. The predicted octanol–water partition coefficient (Wildman–Crippen LogP) is 2.26. The number of aliphatic hydroxyl groups is 1. The van der Waals surface area contributed by atoms with Gasteiger partial charge in [0.1, 0.15) is 29.6 Å². The number of benzene rings is 1. The molecule has 3 rings (SSSR count). The molecule has 0 amide bonds. The molecule has 1 saturated heterocycles. The molecule has 0 saturated carbocycles. The van der Waals surface area contributed by atoms with Gasteiger partial charge in [-0.2, -0.15) is 0 Å². The van der Waals surface area contributed by atoms with Crippen molar-refractivity contribution in [3.8, 4) is 11.5 Å². The van der Waals surface area contributed by atoms with Gasteiger partial charge >= 0.3 is 18.3 Å². The van der Waals surface area contributed by atoms with Crippen LogP contribution in [0.15, 0.2) is 24.3 Å². The molecule has 1 aromatic carbocycles. The van der Waals surface area contributed by atoms with Gasteiger partial charge in [-0.05, 0) is 19.1 Å². The van der Waals surface area contributed by atoms with Crippen LogP contribution in [-0.2, 0) is 28.5 Å². The van der Waals surface area contributed by atoms with Gasteiger partial charge in [0.25, 0.3) is 0 Å². The van der Waals surface area contributed by atoms with Gasteiger partial charge in [0.15, 0.2) is 17.6 Å². The molecule has 190 valence electrons. The fraction of sp³-hybridized carbons (Fsp3) is 0.478. The largest absolute Gasteiger partial charge is 0.513 e. The van der Waals surface area contributed by atoms with Crippen LogP contribution >= 0.6 is 0 Å². The maximum absolute atomic E-state index is 13.1. The van der Waals surface area contributed by atoms with Crippen molar-refractivity contribution in [3.05, 3.63) is 35.4 Å². The summed E-state index contributed by atoms with van der Waals surface area (Å²) in [4.78, 5) is 49.1. The van der Waals surface area contributed by atoms with Crippen LogP contribution in [0.25, 0.3) is 0 Å². The number of ketones is 1. The van der Waals surface area contributed by atoms with Gasteiger partial charge in [0.05, 0.1) is 27.4 Å². The molecule has 5 atom stereocenters. The number of ether oxygens (including phenoxy) is 7. The minimum Gasteiger partial charge on any atom is -0.497 e. The van der Waals surface area contributed by atoms with E-state index in [-0.39, 0.29) is 35.5 Å². The molecular formula is C23H26O12. The lowest BCUT2D eigenvalue weighted by atomic mass is 9.96. The number of methoxy groups -OCH3 is 3. The normalized spacial score (nSPS) is 27.2. The van der Waals surface area contributed by atoms with Crippen molar-refractivity contribution in [2.24, 2.45) is 0 Å². The number of aliphatic hydroxyl groups excluding tert-OH is 1. The third-order valence-corrected chi connectivity index (χ3v) is 5.35. The summed E-state index contributed by atoms with van der Waals surface area (Å²) >= 11 is 0. The van der Waals surface area contributed by atoms with Crippen molar-refractivity contribution >= 4 is 24.1 Å². The first-order valence-electron chi connectivity index (χ1n) is 10.7. The third-order valence-electron chi connectivity index (χ3n) is 5.35. The number of hydrogen-bond acceptors (Lipinski definition) is 12. The summed E-state index contributed by atoms with van der Waals surface area (Å²) < 4.78 is 35.6. The van der Waals surface area contributed by atoms with E-state index < -0.39 is 54.6 Å². The fourth-order valence-electron chi connectivity index (χ4n) is 3.58. The highest BCUT2D eigenvalue weighted by atomic mass is 16.7. The summed E-state index contributed by atoms with van der Waals surface area (Å²) in [5.74, 6) is -1.38. The zero-order chi connectivity index (χ0) is 25.7. The van der Waals surface area contributed by atoms with Gasteiger partial charge in [0.2, 0.25) is 0 Å². The van der Waals surface area contributed by atoms with Crippen molar-refractivity contribution in [3.63, 3.8) is 0 Å². The molecule has 2 aliphatic rings. The Kier molecular flexibility index (Phi) is 8.30. The average molecular weight is 494 g/mol. The zero-order valence-corrected chi connectivity index (χ0v) is 19.5. The first kappa shape index (κ1) is 26.0. The zero-order valence-electron chi connectivity index (χ0n) is 19.5. The average Bonchev–Trinajstić information content (AvgIpc) is 3.59. The highest BCUT2D eigenvalue weighted by Crippen LogP contribution is 2.47. The highest BCUT2D eigenvalue weighted by Gasteiger charge is 2.47. The molecule has 35 heavy (non-hydrogen) atoms. The monoisotopic (exact) mass is 494 g/mol. The maximum atomic E-state index is 13.1. The number of carbonyl (C=O) groups excluding carboxylic acids is 4. The Labute approximate surface area is 200 Å². The molecule has 12 nitrogen and oxygen atoms in total. The lowest BCUT2D eigenvalue weighted by molar-refractivity contribution is -0.130. The topological polar surface area (TPSA) is 156 Å². The van der Waals surface area contributed by atoms with Gasteiger partial charge in [-0.1, -0.05) is 6.08 Å². The van der Waals surface area contributed by atoms with Gasteiger partial charge in [-0.25, -0.2) is 14.4 Å². The van der Waals surface area contributed by atoms with Crippen molar-refractivity contribution in [1.29, 1.82) is 0 Å². The number of esters is 1. The number of hydrogen-bond donors (Lipinski definition) is 1. The minimum atomic E-state index is -1.53. The van der Waals surface area contributed by atoms with E-state index in [1.807, 2.05) is 0 Å². The van der Waals surface area contributed by atoms with E-state index in [1.165, 1.54) is 25.3 Å². The van der Waals surface area contributed by atoms with Crippen LogP contribution in [0.5, 0.6) is 11.5 Å². The van der Waals surface area contributed by atoms with Crippen molar-refractivity contribution in [1.82, 2.24) is 0 Å². The Morgan fingerprint density at radius 1 is 1.09 bits per heavy atom. The van der Waals surface area contributed by atoms with E-state index in [9.17, 15) is 24.3 Å². The lowest BCUT2D eigenvalue weighted by Gasteiger charge is -2.20. The van der Waals surface area contributed by atoms with Gasteiger partial charge in [-0.3, -0.25) is 4.79 Å². The molecule has 0 aliphatic carbocycles. The quantitative estimate of drug-likeness (QED) is 0.283. The van der Waals surface area contributed by atoms with Crippen LogP contribution in [-0.4, -0.2) is 74.9 Å². The Bertz CT molecular complexity index is 1020. The summed E-state index contributed by atoms with van der Waals surface area (Å²) in [5, 5.41) is 10.7. The Morgan fingerprint density at radius 2 is 1.80 bits per heavy atom. The number of fused-ring (bicyclic) bond motifs is 3. The van der Waals surface area contributed by atoms with Crippen molar-refractivity contribution < 1.29 is 57.4 Å². The van der Waals surface area contributed by atoms with Crippen molar-refractivity contribution in [2.75, 3.05) is 21.3 Å². The van der Waals surface area contributed by atoms with E-state index in [0.29, 0.717) is 0 Å². The summed E-state index contributed by atoms with van der Waals surface area (Å²) in [5.41, 5.74) is 0.200. The van der Waals surface area contributed by atoms with Gasteiger partial charge < -0.3 is 38.3 Å². The summed E-state index contributed by atoms with van der Waals surface area (Å²) in [6.07, 6.45) is -4.73. The smallest absolute Gasteiger partial charge is 0.497 e. The highest BCUT2D eigenvalue weighted by molar-refractivity contribution is 5.96. The summed E-state index contributed by atoms with van der Waals surface area (Å²) in [7, 11) is 3.57. The molecule has 1 N–H and O–H groups in total. The van der Waals surface area contributed by atoms with E-state index in [2.05, 4.69) is 9.47 Å². The molecule has 2 heterocycles. The number of rotatable bonds is 3. The van der Waals surface area contributed by atoms with Crippen LogP contribution in [0.1, 0.15) is 41.8 Å². The molecule has 0 bridgehead atoms. The Balaban J connectivity index is 2.03.